The molecule has 1 fully saturated rings. The first kappa shape index (κ1) is 16.9. The lowest BCUT2D eigenvalue weighted by Crippen LogP contribution is -2.42. The summed E-state index contributed by atoms with van der Waals surface area (Å²) in [5.41, 5.74) is 0.699. The maximum atomic E-state index is 12.7. The summed E-state index contributed by atoms with van der Waals surface area (Å²) in [6, 6.07) is 0. The normalized spacial score (nSPS) is 31.2. The van der Waals surface area contributed by atoms with Crippen molar-refractivity contribution in [2.45, 2.75) is 53.4 Å². The summed E-state index contributed by atoms with van der Waals surface area (Å²) in [4.78, 5) is 38.6. The van der Waals surface area contributed by atoms with Crippen molar-refractivity contribution in [2.24, 2.45) is 16.7 Å². The number of amides is 2. The highest BCUT2D eigenvalue weighted by Gasteiger charge is 2.75. The molecule has 1 heterocycles. The predicted molar refractivity (Wildman–Crippen MR) is 89.0 cm³/mol. The number of rotatable bonds is 4. The molecular weight excluding hydrogens is 306 g/mol. The average Bonchev–Trinajstić information content (AvgIpc) is 2.86. The highest BCUT2D eigenvalue weighted by atomic mass is 16.4. The van der Waals surface area contributed by atoms with E-state index in [1.165, 1.54) is 4.90 Å². The molecule has 2 atom stereocenters. The van der Waals surface area contributed by atoms with E-state index in [1.807, 2.05) is 33.8 Å². The molecule has 3 rings (SSSR count). The minimum atomic E-state index is -1.09. The van der Waals surface area contributed by atoms with Crippen LogP contribution in [0.1, 0.15) is 53.4 Å². The van der Waals surface area contributed by atoms with E-state index in [9.17, 15) is 19.5 Å². The molecule has 1 N–H and O–H groups in total. The van der Waals surface area contributed by atoms with E-state index in [4.69, 9.17) is 0 Å². The first-order valence-electron chi connectivity index (χ1n) is 8.61. The Morgan fingerprint density at radius 2 is 1.67 bits per heavy atom. The smallest absolute Gasteiger partial charge is 0.312 e. The lowest BCUT2D eigenvalue weighted by atomic mass is 9.93. The van der Waals surface area contributed by atoms with Crippen molar-refractivity contribution in [3.05, 3.63) is 22.8 Å². The summed E-state index contributed by atoms with van der Waals surface area (Å²) in [6.45, 7) is 7.66. The number of nitrogens with zero attached hydrogens (tertiary/aromatic N) is 1. The first-order valence-corrected chi connectivity index (χ1v) is 8.61. The van der Waals surface area contributed by atoms with Crippen LogP contribution in [0.15, 0.2) is 22.8 Å². The summed E-state index contributed by atoms with van der Waals surface area (Å²) < 4.78 is 0. The van der Waals surface area contributed by atoms with Crippen molar-refractivity contribution in [2.75, 3.05) is 6.54 Å². The molecule has 5 heteroatoms. The zero-order chi connectivity index (χ0) is 17.9. The molecule has 3 aliphatic rings. The van der Waals surface area contributed by atoms with Gasteiger partial charge >= 0.3 is 5.97 Å². The van der Waals surface area contributed by atoms with Gasteiger partial charge in [-0.25, -0.2) is 0 Å². The van der Waals surface area contributed by atoms with Crippen LogP contribution in [0.5, 0.6) is 0 Å². The van der Waals surface area contributed by atoms with Crippen molar-refractivity contribution in [1.29, 1.82) is 0 Å². The maximum Gasteiger partial charge on any atom is 0.312 e. The second-order valence-corrected chi connectivity index (χ2v) is 8.08. The largest absolute Gasteiger partial charge is 0.481 e. The number of carbonyl (C=O) groups excluding carboxylic acids is 2. The van der Waals surface area contributed by atoms with Gasteiger partial charge in [0.05, 0.1) is 5.41 Å². The van der Waals surface area contributed by atoms with Crippen molar-refractivity contribution in [3.8, 4) is 0 Å². The standard InChI is InChI=1S/C19H25NO4/c1-11(2)9-14-18(3,4)19(14,17(23)24)10-20-15(21)12-7-5-6-8-13(12)16(20)22/h9,14H,5-8,10H2,1-4H3,(H,23,24)/t14-,19-/m1/s1. The topological polar surface area (TPSA) is 74.7 Å². The van der Waals surface area contributed by atoms with Crippen LogP contribution in [0.2, 0.25) is 0 Å². The molecule has 0 radical (unpaired) electrons. The van der Waals surface area contributed by atoms with Crippen LogP contribution >= 0.6 is 0 Å². The summed E-state index contributed by atoms with van der Waals surface area (Å²) in [5, 5.41) is 9.92. The van der Waals surface area contributed by atoms with Crippen LogP contribution in [-0.2, 0) is 14.4 Å². The number of carbonyl (C=O) groups is 3. The summed E-state index contributed by atoms with van der Waals surface area (Å²) >= 11 is 0. The second-order valence-electron chi connectivity index (χ2n) is 8.08. The summed E-state index contributed by atoms with van der Waals surface area (Å²) in [5.74, 6) is -1.64. The quantitative estimate of drug-likeness (QED) is 0.635. The van der Waals surface area contributed by atoms with E-state index >= 15 is 0 Å². The zero-order valence-electron chi connectivity index (χ0n) is 14.8. The number of allylic oxidation sites excluding steroid dienone is 2. The zero-order valence-corrected chi connectivity index (χ0v) is 14.8. The van der Waals surface area contributed by atoms with Gasteiger partial charge in [0.2, 0.25) is 0 Å². The fourth-order valence-electron chi connectivity index (χ4n) is 4.55. The molecule has 130 valence electrons. The Kier molecular flexibility index (Phi) is 3.74. The third-order valence-electron chi connectivity index (χ3n) is 6.14. The molecule has 0 aromatic carbocycles. The SMILES string of the molecule is CC(C)=C[C@@H]1C(C)(C)[C@@]1(CN1C(=O)C2=C(CCCC2)C1=O)C(=O)O. The number of hydrogen-bond donors (Lipinski definition) is 1. The Labute approximate surface area is 142 Å². The Balaban J connectivity index is 1.92. The number of imide groups is 1. The Morgan fingerprint density at radius 3 is 2.08 bits per heavy atom. The summed E-state index contributed by atoms with van der Waals surface area (Å²) in [7, 11) is 0. The molecule has 0 bridgehead atoms. The Bertz CT molecular complexity index is 668. The highest BCUT2D eigenvalue weighted by molar-refractivity contribution is 6.19. The van der Waals surface area contributed by atoms with Crippen LogP contribution < -0.4 is 0 Å². The van der Waals surface area contributed by atoms with Crippen LogP contribution in [0, 0.1) is 16.7 Å². The van der Waals surface area contributed by atoms with Crippen molar-refractivity contribution < 1.29 is 19.5 Å². The number of aliphatic carboxylic acids is 1. The van der Waals surface area contributed by atoms with Crippen molar-refractivity contribution >= 4 is 17.8 Å². The van der Waals surface area contributed by atoms with Gasteiger partial charge in [0.25, 0.3) is 11.8 Å². The van der Waals surface area contributed by atoms with Crippen molar-refractivity contribution in [1.82, 2.24) is 4.90 Å². The molecule has 0 spiro atoms. The Morgan fingerprint density at radius 1 is 1.17 bits per heavy atom. The maximum absolute atomic E-state index is 12.7. The van der Waals surface area contributed by atoms with Crippen LogP contribution in [0.3, 0.4) is 0 Å². The van der Waals surface area contributed by atoms with E-state index in [-0.39, 0.29) is 24.3 Å². The molecule has 0 saturated heterocycles. The van der Waals surface area contributed by atoms with E-state index in [0.717, 1.165) is 18.4 Å². The van der Waals surface area contributed by atoms with Gasteiger partial charge in [0, 0.05) is 23.6 Å². The fourth-order valence-corrected chi connectivity index (χ4v) is 4.55. The molecule has 2 aliphatic carbocycles. The number of carboxylic acids is 1. The van der Waals surface area contributed by atoms with Gasteiger partial charge in [-0.2, -0.15) is 0 Å². The van der Waals surface area contributed by atoms with E-state index in [2.05, 4.69) is 0 Å². The molecule has 24 heavy (non-hydrogen) atoms. The van der Waals surface area contributed by atoms with Gasteiger partial charge in [0.1, 0.15) is 0 Å². The Hall–Kier alpha value is -1.91. The third-order valence-corrected chi connectivity index (χ3v) is 6.14. The van der Waals surface area contributed by atoms with E-state index in [0.29, 0.717) is 24.0 Å². The molecule has 0 aromatic rings. The fraction of sp³-hybridized carbons (Fsp3) is 0.632. The third kappa shape index (κ3) is 2.10. The molecule has 1 aliphatic heterocycles. The first-order chi connectivity index (χ1) is 11.1. The van der Waals surface area contributed by atoms with Crippen LogP contribution in [0.25, 0.3) is 0 Å². The predicted octanol–water partition coefficient (Wildman–Crippen LogP) is 2.92. The van der Waals surface area contributed by atoms with Crippen LogP contribution in [0.4, 0.5) is 0 Å². The number of carboxylic acid groups (broad SMARTS) is 1. The lowest BCUT2D eigenvalue weighted by Gasteiger charge is -2.23. The minimum Gasteiger partial charge on any atom is -0.481 e. The van der Waals surface area contributed by atoms with Gasteiger partial charge in [0.15, 0.2) is 0 Å². The molecule has 0 aromatic heterocycles. The molecule has 1 saturated carbocycles. The lowest BCUT2D eigenvalue weighted by molar-refractivity contribution is -0.148. The van der Waals surface area contributed by atoms with E-state index in [1.54, 1.807) is 0 Å². The second kappa shape index (κ2) is 5.30. The van der Waals surface area contributed by atoms with Gasteiger partial charge in [-0.15, -0.1) is 0 Å². The van der Waals surface area contributed by atoms with E-state index < -0.39 is 16.8 Å². The van der Waals surface area contributed by atoms with Gasteiger partial charge in [-0.05, 0) is 44.9 Å². The average molecular weight is 331 g/mol. The molecule has 5 nitrogen and oxygen atoms in total. The van der Waals surface area contributed by atoms with Gasteiger partial charge in [-0.3, -0.25) is 19.3 Å². The minimum absolute atomic E-state index is 0.0333. The molecular formula is C19H25NO4. The summed E-state index contributed by atoms with van der Waals surface area (Å²) in [6.07, 6.45) is 5.07. The van der Waals surface area contributed by atoms with Gasteiger partial charge in [-0.1, -0.05) is 25.5 Å². The van der Waals surface area contributed by atoms with Crippen LogP contribution in [-0.4, -0.2) is 34.3 Å². The monoisotopic (exact) mass is 331 g/mol. The van der Waals surface area contributed by atoms with Crippen molar-refractivity contribution in [3.63, 3.8) is 0 Å². The number of hydrogen-bond acceptors (Lipinski definition) is 3. The van der Waals surface area contributed by atoms with Gasteiger partial charge < -0.3 is 5.11 Å². The highest BCUT2D eigenvalue weighted by Crippen LogP contribution is 2.70. The molecule has 0 unspecified atom stereocenters. The molecule has 2 amide bonds.